The Balaban J connectivity index is 2.02. The van der Waals surface area contributed by atoms with E-state index < -0.39 is 0 Å². The predicted molar refractivity (Wildman–Crippen MR) is 87.2 cm³/mol. The van der Waals surface area contributed by atoms with Gasteiger partial charge >= 0.3 is 0 Å². The molecule has 4 heteroatoms. The van der Waals surface area contributed by atoms with Gasteiger partial charge in [-0.05, 0) is 80.5 Å². The average molecular weight is 418 g/mol. The first-order chi connectivity index (χ1) is 8.69. The Bertz CT molecular complexity index is 528. The number of nitrogens with one attached hydrogen (secondary N) is 1. The molecule has 0 atom stereocenters. The van der Waals surface area contributed by atoms with E-state index in [-0.39, 0.29) is 0 Å². The minimum atomic E-state index is 0.795. The van der Waals surface area contributed by atoms with Gasteiger partial charge in [0, 0.05) is 15.8 Å². The summed E-state index contributed by atoms with van der Waals surface area (Å²) in [6, 6.07) is 14.4. The Morgan fingerprint density at radius 2 is 1.89 bits per heavy atom. The summed E-state index contributed by atoms with van der Waals surface area (Å²) in [4.78, 5) is 0. The van der Waals surface area contributed by atoms with Crippen LogP contribution in [0.1, 0.15) is 5.56 Å². The number of hydrogen-bond donors (Lipinski definition) is 1. The van der Waals surface area contributed by atoms with E-state index in [1.807, 2.05) is 6.07 Å². The van der Waals surface area contributed by atoms with Gasteiger partial charge in [-0.15, -0.1) is 0 Å². The van der Waals surface area contributed by atoms with Crippen LogP contribution < -0.4 is 10.1 Å². The Morgan fingerprint density at radius 3 is 2.50 bits per heavy atom. The third kappa shape index (κ3) is 3.62. The molecule has 0 aliphatic heterocycles. The highest BCUT2D eigenvalue weighted by Crippen LogP contribution is 2.25. The Morgan fingerprint density at radius 1 is 1.17 bits per heavy atom. The van der Waals surface area contributed by atoms with Crippen LogP contribution in [-0.2, 0) is 6.54 Å². The smallest absolute Gasteiger partial charge is 0.133 e. The van der Waals surface area contributed by atoms with E-state index in [9.17, 15) is 0 Å². The minimum Gasteiger partial charge on any atom is -0.496 e. The van der Waals surface area contributed by atoms with Crippen LogP contribution in [0.15, 0.2) is 46.9 Å². The lowest BCUT2D eigenvalue weighted by atomic mass is 10.2. The summed E-state index contributed by atoms with van der Waals surface area (Å²) in [5, 5.41) is 3.39. The second-order valence-corrected chi connectivity index (χ2v) is 5.93. The van der Waals surface area contributed by atoms with E-state index in [0.717, 1.165) is 22.5 Å². The summed E-state index contributed by atoms with van der Waals surface area (Å²) in [7, 11) is 1.67. The molecule has 94 valence electrons. The fraction of sp³-hybridized carbons (Fsp3) is 0.143. The molecule has 0 unspecified atom stereocenters. The van der Waals surface area contributed by atoms with Crippen molar-refractivity contribution in [3.63, 3.8) is 0 Å². The van der Waals surface area contributed by atoms with Crippen LogP contribution >= 0.6 is 38.5 Å². The maximum atomic E-state index is 5.21. The van der Waals surface area contributed by atoms with Crippen molar-refractivity contribution < 1.29 is 4.74 Å². The molecule has 0 spiro atoms. The second-order valence-electron chi connectivity index (χ2n) is 3.83. The monoisotopic (exact) mass is 417 g/mol. The van der Waals surface area contributed by atoms with Crippen molar-refractivity contribution in [3.8, 4) is 5.75 Å². The van der Waals surface area contributed by atoms with Gasteiger partial charge in [0.2, 0.25) is 0 Å². The van der Waals surface area contributed by atoms with Crippen molar-refractivity contribution >= 4 is 44.2 Å². The molecule has 0 saturated heterocycles. The topological polar surface area (TPSA) is 21.3 Å². The summed E-state index contributed by atoms with van der Waals surface area (Å²) in [5.74, 6) is 0.855. The highest BCUT2D eigenvalue weighted by molar-refractivity contribution is 14.1. The zero-order valence-electron chi connectivity index (χ0n) is 9.91. The molecule has 0 aromatic heterocycles. The molecule has 1 N–H and O–H groups in total. The van der Waals surface area contributed by atoms with Crippen LogP contribution in [0.2, 0.25) is 0 Å². The Kier molecular flexibility index (Phi) is 4.88. The highest BCUT2D eigenvalue weighted by Gasteiger charge is 2.01. The molecule has 2 aromatic carbocycles. The van der Waals surface area contributed by atoms with E-state index >= 15 is 0 Å². The van der Waals surface area contributed by atoms with Crippen molar-refractivity contribution in [2.24, 2.45) is 0 Å². The van der Waals surface area contributed by atoms with Gasteiger partial charge in [-0.25, -0.2) is 0 Å². The van der Waals surface area contributed by atoms with E-state index in [1.54, 1.807) is 7.11 Å². The van der Waals surface area contributed by atoms with Gasteiger partial charge in [0.15, 0.2) is 0 Å². The molecule has 0 saturated carbocycles. The first-order valence-electron chi connectivity index (χ1n) is 5.51. The third-order valence-corrected chi connectivity index (χ3v) is 3.90. The van der Waals surface area contributed by atoms with E-state index in [0.29, 0.717) is 0 Å². The number of halogens is 2. The Labute approximate surface area is 129 Å². The highest BCUT2D eigenvalue weighted by atomic mass is 127. The molecule has 18 heavy (non-hydrogen) atoms. The van der Waals surface area contributed by atoms with Gasteiger partial charge in [0.05, 0.1) is 11.6 Å². The lowest BCUT2D eigenvalue weighted by Gasteiger charge is -2.09. The van der Waals surface area contributed by atoms with Crippen molar-refractivity contribution in [3.05, 3.63) is 56.1 Å². The van der Waals surface area contributed by atoms with Gasteiger partial charge in [0.1, 0.15) is 5.75 Å². The first-order valence-corrected chi connectivity index (χ1v) is 7.38. The number of ether oxygens (including phenoxy) is 1. The van der Waals surface area contributed by atoms with Crippen molar-refractivity contribution in [2.75, 3.05) is 12.4 Å². The van der Waals surface area contributed by atoms with Gasteiger partial charge in [-0.2, -0.15) is 0 Å². The third-order valence-electron chi connectivity index (χ3n) is 2.56. The molecule has 2 aromatic rings. The van der Waals surface area contributed by atoms with E-state index in [1.165, 1.54) is 9.13 Å². The standard InChI is InChI=1S/C14H13BrINO/c1-18-14-7-2-10(8-13(14)15)9-17-12-5-3-11(16)4-6-12/h2-8,17H,9H2,1H3. The summed E-state index contributed by atoms with van der Waals surface area (Å²) < 4.78 is 7.43. The lowest BCUT2D eigenvalue weighted by Crippen LogP contribution is -1.99. The molecule has 0 radical (unpaired) electrons. The maximum absolute atomic E-state index is 5.21. The summed E-state index contributed by atoms with van der Waals surface area (Å²) in [5.41, 5.74) is 2.34. The van der Waals surface area contributed by atoms with Crippen LogP contribution in [-0.4, -0.2) is 7.11 Å². The van der Waals surface area contributed by atoms with Gasteiger partial charge in [-0.1, -0.05) is 6.07 Å². The normalized spacial score (nSPS) is 10.2. The van der Waals surface area contributed by atoms with E-state index in [2.05, 4.69) is 80.2 Å². The zero-order chi connectivity index (χ0) is 13.0. The van der Waals surface area contributed by atoms with Crippen LogP contribution in [0.4, 0.5) is 5.69 Å². The molecule has 0 bridgehead atoms. The van der Waals surface area contributed by atoms with Crippen molar-refractivity contribution in [1.82, 2.24) is 0 Å². The number of methoxy groups -OCH3 is 1. The van der Waals surface area contributed by atoms with Crippen molar-refractivity contribution in [2.45, 2.75) is 6.54 Å². The second kappa shape index (κ2) is 6.43. The first kappa shape index (κ1) is 13.7. The molecule has 0 aliphatic carbocycles. The fourth-order valence-corrected chi connectivity index (χ4v) is 2.54. The molecule has 0 heterocycles. The summed E-state index contributed by atoms with van der Waals surface area (Å²) >= 11 is 5.79. The van der Waals surface area contributed by atoms with Gasteiger partial charge < -0.3 is 10.1 Å². The molecule has 2 nitrogen and oxygen atoms in total. The average Bonchev–Trinajstić information content (AvgIpc) is 2.38. The number of hydrogen-bond acceptors (Lipinski definition) is 2. The fourth-order valence-electron chi connectivity index (χ4n) is 1.59. The van der Waals surface area contributed by atoms with Crippen LogP contribution in [0.5, 0.6) is 5.75 Å². The summed E-state index contributed by atoms with van der Waals surface area (Å²) in [6.07, 6.45) is 0. The molecule has 2 rings (SSSR count). The molecule has 0 aliphatic rings. The lowest BCUT2D eigenvalue weighted by molar-refractivity contribution is 0.412. The van der Waals surface area contributed by atoms with Crippen LogP contribution in [0.25, 0.3) is 0 Å². The van der Waals surface area contributed by atoms with Gasteiger partial charge in [0.25, 0.3) is 0 Å². The van der Waals surface area contributed by atoms with Gasteiger partial charge in [-0.3, -0.25) is 0 Å². The maximum Gasteiger partial charge on any atom is 0.133 e. The number of benzene rings is 2. The number of rotatable bonds is 4. The van der Waals surface area contributed by atoms with Crippen LogP contribution in [0.3, 0.4) is 0 Å². The molecular weight excluding hydrogens is 405 g/mol. The van der Waals surface area contributed by atoms with E-state index in [4.69, 9.17) is 4.74 Å². The zero-order valence-corrected chi connectivity index (χ0v) is 13.7. The quantitative estimate of drug-likeness (QED) is 0.729. The predicted octanol–water partition coefficient (Wildman–Crippen LogP) is 4.67. The SMILES string of the molecule is COc1ccc(CNc2ccc(I)cc2)cc1Br. The minimum absolute atomic E-state index is 0.795. The van der Waals surface area contributed by atoms with Crippen LogP contribution in [0, 0.1) is 3.57 Å². The molecule has 0 amide bonds. The largest absolute Gasteiger partial charge is 0.496 e. The Hall–Kier alpha value is -0.750. The molecular formula is C14H13BrINO. The van der Waals surface area contributed by atoms with Crippen molar-refractivity contribution in [1.29, 1.82) is 0 Å². The number of anilines is 1. The molecule has 0 fully saturated rings. The summed E-state index contributed by atoms with van der Waals surface area (Å²) in [6.45, 7) is 0.795.